The first-order valence-electron chi connectivity index (χ1n) is 8.35. The van der Waals surface area contributed by atoms with Gasteiger partial charge in [0.2, 0.25) is 0 Å². The number of para-hydroxylation sites is 1. The molecule has 0 aliphatic carbocycles. The van der Waals surface area contributed by atoms with E-state index in [9.17, 15) is 4.79 Å². The van der Waals surface area contributed by atoms with Gasteiger partial charge in [-0.25, -0.2) is 9.67 Å². The molecule has 0 spiro atoms. The monoisotopic (exact) mass is 378 g/mol. The van der Waals surface area contributed by atoms with E-state index in [0.29, 0.717) is 11.4 Å². The molecule has 6 heteroatoms. The number of benzene rings is 1. The maximum Gasteiger partial charge on any atom is 0.261 e. The van der Waals surface area contributed by atoms with Crippen molar-refractivity contribution in [2.45, 2.75) is 27.8 Å². The minimum Gasteiger partial charge on any atom is -0.347 e. The molecule has 1 aromatic carbocycles. The molecular weight excluding hydrogens is 356 g/mol. The first-order valence-corrected chi connectivity index (χ1v) is 9.17. The second kappa shape index (κ2) is 7.72. The van der Waals surface area contributed by atoms with Gasteiger partial charge < -0.3 is 5.32 Å². The molecule has 0 aliphatic rings. The van der Waals surface area contributed by atoms with E-state index >= 15 is 0 Å². The van der Waals surface area contributed by atoms with Gasteiger partial charge in [-0.3, -0.25) is 4.79 Å². The number of aryl methyl sites for hydroxylation is 2. The molecule has 3 heterocycles. The van der Waals surface area contributed by atoms with Crippen molar-refractivity contribution in [1.82, 2.24) is 20.1 Å². The Morgan fingerprint density at radius 1 is 1.19 bits per heavy atom. The minimum absolute atomic E-state index is 0. The molecule has 0 fully saturated rings. The summed E-state index contributed by atoms with van der Waals surface area (Å²) in [5, 5.41) is 8.36. The van der Waals surface area contributed by atoms with Crippen LogP contribution in [0.2, 0.25) is 0 Å². The third-order valence-corrected chi connectivity index (χ3v) is 5.20. The van der Waals surface area contributed by atoms with Crippen molar-refractivity contribution < 1.29 is 4.79 Å². The Balaban J connectivity index is 0.00000210. The van der Waals surface area contributed by atoms with Gasteiger partial charge in [-0.1, -0.05) is 25.6 Å². The second-order valence-electron chi connectivity index (χ2n) is 6.22. The summed E-state index contributed by atoms with van der Waals surface area (Å²) in [5.41, 5.74) is 4.06. The van der Waals surface area contributed by atoms with Gasteiger partial charge in [0.25, 0.3) is 5.91 Å². The van der Waals surface area contributed by atoms with Gasteiger partial charge >= 0.3 is 0 Å². The summed E-state index contributed by atoms with van der Waals surface area (Å²) < 4.78 is 1.80. The summed E-state index contributed by atoms with van der Waals surface area (Å²) >= 11 is 1.43. The van der Waals surface area contributed by atoms with Crippen LogP contribution in [0.1, 0.15) is 33.9 Å². The van der Waals surface area contributed by atoms with E-state index < -0.39 is 0 Å². The summed E-state index contributed by atoms with van der Waals surface area (Å²) in [7, 11) is 0. The number of amides is 1. The van der Waals surface area contributed by atoms with Crippen LogP contribution in [0.3, 0.4) is 0 Å². The Labute approximate surface area is 162 Å². The van der Waals surface area contributed by atoms with Gasteiger partial charge in [-0.15, -0.1) is 11.3 Å². The van der Waals surface area contributed by atoms with Crippen molar-refractivity contribution >= 4 is 27.5 Å². The Hall–Kier alpha value is -2.99. The highest BCUT2D eigenvalue weighted by atomic mass is 32.1. The van der Waals surface area contributed by atoms with Crippen molar-refractivity contribution in [3.05, 3.63) is 76.6 Å². The standard InChI is InChI=1S/C20H18N4OS.CH4/c1-13-8-14(2)23-20-17(13)9-18(26-20)19(25)21-10-15-11-22-24(12-15)16-6-4-3-5-7-16;/h3-9,11-12H,10H2,1-2H3,(H,21,25);1H4. The number of nitrogens with zero attached hydrogens (tertiary/aromatic N) is 3. The normalized spacial score (nSPS) is 10.6. The Morgan fingerprint density at radius 2 is 1.96 bits per heavy atom. The predicted molar refractivity (Wildman–Crippen MR) is 111 cm³/mol. The van der Waals surface area contributed by atoms with Gasteiger partial charge in [0.15, 0.2) is 0 Å². The van der Waals surface area contributed by atoms with Crippen molar-refractivity contribution in [1.29, 1.82) is 0 Å². The largest absolute Gasteiger partial charge is 0.347 e. The van der Waals surface area contributed by atoms with Crippen molar-refractivity contribution in [2.24, 2.45) is 0 Å². The molecule has 4 aromatic rings. The average molecular weight is 379 g/mol. The first-order chi connectivity index (χ1) is 12.6. The molecule has 0 saturated heterocycles. The van der Waals surface area contributed by atoms with Gasteiger partial charge in [-0.2, -0.15) is 5.10 Å². The number of nitrogens with one attached hydrogen (secondary N) is 1. The third-order valence-electron chi connectivity index (χ3n) is 4.17. The van der Waals surface area contributed by atoms with Crippen LogP contribution in [-0.4, -0.2) is 20.7 Å². The third kappa shape index (κ3) is 3.90. The van der Waals surface area contributed by atoms with Crippen LogP contribution in [0.15, 0.2) is 54.9 Å². The molecule has 0 aliphatic heterocycles. The van der Waals surface area contributed by atoms with Crippen LogP contribution in [-0.2, 0) is 6.54 Å². The SMILES string of the molecule is C.Cc1cc(C)c2cc(C(=O)NCc3cnn(-c4ccccc4)c3)sc2n1. The molecule has 0 saturated carbocycles. The van der Waals surface area contributed by atoms with Crippen LogP contribution >= 0.6 is 11.3 Å². The number of hydrogen-bond donors (Lipinski definition) is 1. The second-order valence-corrected chi connectivity index (χ2v) is 7.25. The lowest BCUT2D eigenvalue weighted by molar-refractivity contribution is 0.0955. The lowest BCUT2D eigenvalue weighted by Crippen LogP contribution is -2.21. The number of fused-ring (bicyclic) bond motifs is 1. The predicted octanol–water partition coefficient (Wildman–Crippen LogP) is 4.66. The molecule has 0 bridgehead atoms. The van der Waals surface area contributed by atoms with E-state index in [1.807, 2.05) is 62.5 Å². The van der Waals surface area contributed by atoms with Gasteiger partial charge in [0.05, 0.1) is 16.8 Å². The molecule has 1 amide bonds. The van der Waals surface area contributed by atoms with Gasteiger partial charge in [0, 0.05) is 29.4 Å². The van der Waals surface area contributed by atoms with Gasteiger partial charge in [-0.05, 0) is 43.7 Å². The number of thiophene rings is 1. The summed E-state index contributed by atoms with van der Waals surface area (Å²) in [6, 6.07) is 13.8. The fourth-order valence-corrected chi connectivity index (χ4v) is 3.95. The van der Waals surface area contributed by atoms with Crippen LogP contribution in [0.5, 0.6) is 0 Å². The van der Waals surface area contributed by atoms with E-state index in [2.05, 4.69) is 15.4 Å². The van der Waals surface area contributed by atoms with Crippen LogP contribution in [0.4, 0.5) is 0 Å². The van der Waals surface area contributed by atoms with Gasteiger partial charge in [0.1, 0.15) is 4.83 Å². The fourth-order valence-electron chi connectivity index (χ4n) is 2.89. The molecule has 3 aromatic heterocycles. The summed E-state index contributed by atoms with van der Waals surface area (Å²) in [5.74, 6) is -0.0856. The van der Waals surface area contributed by atoms with Crippen molar-refractivity contribution in [2.75, 3.05) is 0 Å². The number of hydrogen-bond acceptors (Lipinski definition) is 4. The molecule has 5 nitrogen and oxygen atoms in total. The Morgan fingerprint density at radius 3 is 2.74 bits per heavy atom. The molecule has 0 radical (unpaired) electrons. The van der Waals surface area contributed by atoms with E-state index in [4.69, 9.17) is 0 Å². The Bertz CT molecular complexity index is 1080. The highest BCUT2D eigenvalue weighted by Gasteiger charge is 2.13. The minimum atomic E-state index is -0.0856. The number of rotatable bonds is 4. The van der Waals surface area contributed by atoms with Crippen molar-refractivity contribution in [3.63, 3.8) is 0 Å². The quantitative estimate of drug-likeness (QED) is 0.562. The highest BCUT2D eigenvalue weighted by molar-refractivity contribution is 7.20. The molecule has 4 rings (SSSR count). The number of pyridine rings is 1. The van der Waals surface area contributed by atoms with E-state index in [-0.39, 0.29) is 13.3 Å². The van der Waals surface area contributed by atoms with E-state index in [1.54, 1.807) is 10.9 Å². The molecule has 0 unspecified atom stereocenters. The lowest BCUT2D eigenvalue weighted by Gasteiger charge is -2.01. The number of carbonyl (C=O) groups is 1. The molecule has 1 N–H and O–H groups in total. The number of aromatic nitrogens is 3. The summed E-state index contributed by atoms with van der Waals surface area (Å²) in [6.07, 6.45) is 3.70. The maximum atomic E-state index is 12.5. The van der Waals surface area contributed by atoms with E-state index in [1.165, 1.54) is 11.3 Å². The van der Waals surface area contributed by atoms with Crippen LogP contribution < -0.4 is 5.32 Å². The smallest absolute Gasteiger partial charge is 0.261 e. The molecule has 138 valence electrons. The highest BCUT2D eigenvalue weighted by Crippen LogP contribution is 2.27. The average Bonchev–Trinajstić information content (AvgIpc) is 3.27. The fraction of sp³-hybridized carbons (Fsp3) is 0.190. The Kier molecular flexibility index (Phi) is 5.37. The first kappa shape index (κ1) is 18.8. The number of carbonyl (C=O) groups excluding carboxylic acids is 1. The molecular formula is C21H22N4OS. The summed E-state index contributed by atoms with van der Waals surface area (Å²) in [6.45, 7) is 4.45. The zero-order valence-electron chi connectivity index (χ0n) is 14.6. The summed E-state index contributed by atoms with van der Waals surface area (Å²) in [4.78, 5) is 18.6. The van der Waals surface area contributed by atoms with Crippen LogP contribution in [0.25, 0.3) is 15.9 Å². The molecule has 0 atom stereocenters. The van der Waals surface area contributed by atoms with Crippen molar-refractivity contribution in [3.8, 4) is 5.69 Å². The molecule has 27 heavy (non-hydrogen) atoms. The zero-order chi connectivity index (χ0) is 18.1. The lowest BCUT2D eigenvalue weighted by atomic mass is 10.2. The zero-order valence-corrected chi connectivity index (χ0v) is 15.4. The maximum absolute atomic E-state index is 12.5. The van der Waals surface area contributed by atoms with Crippen LogP contribution in [0, 0.1) is 13.8 Å². The van der Waals surface area contributed by atoms with E-state index in [0.717, 1.165) is 32.7 Å². The topological polar surface area (TPSA) is 59.8 Å².